The fourth-order valence-corrected chi connectivity index (χ4v) is 5.72. The van der Waals surface area contributed by atoms with Crippen molar-refractivity contribution in [2.24, 2.45) is 0 Å². The van der Waals surface area contributed by atoms with E-state index in [2.05, 4.69) is 10.9 Å². The fraction of sp³-hybridized carbons (Fsp3) is 0.391. The Morgan fingerprint density at radius 1 is 0.969 bits per heavy atom. The molecule has 7 nitrogen and oxygen atoms in total. The normalized spacial score (nSPS) is 14.8. The molecule has 1 aliphatic carbocycles. The molecule has 2 aromatic rings. The van der Waals surface area contributed by atoms with E-state index in [-0.39, 0.29) is 28.2 Å². The Hall–Kier alpha value is -2.36. The fourth-order valence-electron chi connectivity index (χ4n) is 3.60. The molecular weight excluding hydrogens is 446 g/mol. The molecule has 0 heterocycles. The lowest BCUT2D eigenvalue weighted by molar-refractivity contribution is -0.119. The van der Waals surface area contributed by atoms with E-state index in [0.717, 1.165) is 42.6 Å². The van der Waals surface area contributed by atoms with Crippen LogP contribution in [0, 0.1) is 6.92 Å². The highest BCUT2D eigenvalue weighted by atomic mass is 32.2. The Kier molecular flexibility index (Phi) is 8.33. The van der Waals surface area contributed by atoms with Gasteiger partial charge >= 0.3 is 0 Å². The van der Waals surface area contributed by atoms with Crippen LogP contribution in [-0.4, -0.2) is 43.4 Å². The van der Waals surface area contributed by atoms with E-state index < -0.39 is 15.9 Å². The number of sulfonamides is 1. The zero-order valence-corrected chi connectivity index (χ0v) is 20.0. The van der Waals surface area contributed by atoms with Gasteiger partial charge in [-0.3, -0.25) is 20.4 Å². The van der Waals surface area contributed by atoms with Gasteiger partial charge in [-0.25, -0.2) is 8.42 Å². The van der Waals surface area contributed by atoms with Gasteiger partial charge in [0.2, 0.25) is 15.9 Å². The van der Waals surface area contributed by atoms with E-state index >= 15 is 0 Å². The van der Waals surface area contributed by atoms with Crippen LogP contribution >= 0.6 is 11.8 Å². The van der Waals surface area contributed by atoms with Crippen LogP contribution in [0.3, 0.4) is 0 Å². The first-order valence-corrected chi connectivity index (χ1v) is 13.1. The van der Waals surface area contributed by atoms with Crippen LogP contribution in [0.1, 0.15) is 48.0 Å². The second-order valence-electron chi connectivity index (χ2n) is 7.94. The second kappa shape index (κ2) is 11.0. The molecule has 3 rings (SSSR count). The average Bonchev–Trinajstić information content (AvgIpc) is 2.82. The van der Waals surface area contributed by atoms with Crippen LogP contribution in [0.15, 0.2) is 58.3 Å². The third-order valence-electron chi connectivity index (χ3n) is 5.59. The van der Waals surface area contributed by atoms with Crippen LogP contribution in [0.2, 0.25) is 0 Å². The Morgan fingerprint density at radius 2 is 1.59 bits per heavy atom. The minimum Gasteiger partial charge on any atom is -0.272 e. The summed E-state index contributed by atoms with van der Waals surface area (Å²) < 4.78 is 27.3. The van der Waals surface area contributed by atoms with Crippen LogP contribution < -0.4 is 10.9 Å². The summed E-state index contributed by atoms with van der Waals surface area (Å²) in [6.45, 7) is 1.99. The summed E-state index contributed by atoms with van der Waals surface area (Å²) in [7, 11) is -1.99. The van der Waals surface area contributed by atoms with Gasteiger partial charge in [0.25, 0.3) is 5.91 Å². The van der Waals surface area contributed by atoms with Crippen molar-refractivity contribution in [1.29, 1.82) is 0 Å². The van der Waals surface area contributed by atoms with Gasteiger partial charge in [-0.05, 0) is 56.2 Å². The minimum absolute atomic E-state index is 0.0183. The molecule has 2 aromatic carbocycles. The number of hydrazine groups is 1. The maximum Gasteiger partial charge on any atom is 0.269 e. The van der Waals surface area contributed by atoms with Crippen molar-refractivity contribution in [2.75, 3.05) is 12.8 Å². The Labute approximate surface area is 194 Å². The van der Waals surface area contributed by atoms with Crippen molar-refractivity contribution in [1.82, 2.24) is 15.2 Å². The molecule has 0 aromatic heterocycles. The molecule has 0 atom stereocenters. The molecule has 0 saturated heterocycles. The highest BCUT2D eigenvalue weighted by Gasteiger charge is 2.29. The predicted octanol–water partition coefficient (Wildman–Crippen LogP) is 3.50. The summed E-state index contributed by atoms with van der Waals surface area (Å²) in [5, 5.41) is 0. The first kappa shape index (κ1) is 24.3. The Bertz CT molecular complexity index is 1030. The van der Waals surface area contributed by atoms with Crippen LogP contribution in [0.5, 0.6) is 0 Å². The summed E-state index contributed by atoms with van der Waals surface area (Å²) >= 11 is 1.37. The van der Waals surface area contributed by atoms with Crippen molar-refractivity contribution in [3.05, 3.63) is 59.7 Å². The van der Waals surface area contributed by atoms with Crippen molar-refractivity contribution < 1.29 is 18.0 Å². The molecule has 0 spiro atoms. The van der Waals surface area contributed by atoms with E-state index in [1.165, 1.54) is 40.3 Å². The van der Waals surface area contributed by atoms with Gasteiger partial charge in [0.15, 0.2) is 0 Å². The van der Waals surface area contributed by atoms with Gasteiger partial charge in [0, 0.05) is 23.5 Å². The highest BCUT2D eigenvalue weighted by molar-refractivity contribution is 8.00. The lowest BCUT2D eigenvalue weighted by Gasteiger charge is -2.30. The zero-order chi connectivity index (χ0) is 23.1. The number of thioether (sulfide) groups is 1. The maximum absolute atomic E-state index is 12.9. The molecule has 2 N–H and O–H groups in total. The number of hydrogen-bond acceptors (Lipinski definition) is 5. The number of nitrogens with zero attached hydrogens (tertiary/aromatic N) is 1. The third-order valence-corrected chi connectivity index (χ3v) is 8.53. The summed E-state index contributed by atoms with van der Waals surface area (Å²) in [6, 6.07) is 13.6. The molecule has 9 heteroatoms. The lowest BCUT2D eigenvalue weighted by Crippen LogP contribution is -2.42. The van der Waals surface area contributed by atoms with Crippen LogP contribution in [0.4, 0.5) is 0 Å². The largest absolute Gasteiger partial charge is 0.272 e. The van der Waals surface area contributed by atoms with E-state index in [4.69, 9.17) is 0 Å². The number of nitrogens with one attached hydrogen (secondary N) is 2. The van der Waals surface area contributed by atoms with Gasteiger partial charge < -0.3 is 0 Å². The number of carbonyl (C=O) groups is 2. The SMILES string of the molecule is Cc1ccc(SCC(=O)NNC(=O)c2ccc(S(=O)(=O)N(C)C3CCCCC3)cc2)cc1. The third kappa shape index (κ3) is 6.34. The molecule has 0 unspecified atom stereocenters. The van der Waals surface area contributed by atoms with Crippen molar-refractivity contribution in [3.8, 4) is 0 Å². The summed E-state index contributed by atoms with van der Waals surface area (Å²) in [4.78, 5) is 25.4. The van der Waals surface area contributed by atoms with Crippen molar-refractivity contribution in [3.63, 3.8) is 0 Å². The minimum atomic E-state index is -3.61. The number of hydrogen-bond donors (Lipinski definition) is 2. The van der Waals surface area contributed by atoms with Crippen LogP contribution in [0.25, 0.3) is 0 Å². The predicted molar refractivity (Wildman–Crippen MR) is 126 cm³/mol. The van der Waals surface area contributed by atoms with Gasteiger partial charge in [-0.2, -0.15) is 4.31 Å². The van der Waals surface area contributed by atoms with E-state index in [1.54, 1.807) is 7.05 Å². The Balaban J connectivity index is 1.51. The number of rotatable bonds is 7. The highest BCUT2D eigenvalue weighted by Crippen LogP contribution is 2.26. The standard InChI is InChI=1S/C23H29N3O4S2/c1-17-8-12-20(13-9-17)31-16-22(27)24-25-23(28)18-10-14-21(15-11-18)32(29,30)26(2)19-6-4-3-5-7-19/h8-15,19H,3-7,16H2,1-2H3,(H,24,27)(H,25,28). The quantitative estimate of drug-likeness (QED) is 0.472. The zero-order valence-electron chi connectivity index (χ0n) is 18.3. The van der Waals surface area contributed by atoms with Crippen molar-refractivity contribution >= 4 is 33.6 Å². The number of aryl methyl sites for hydroxylation is 1. The average molecular weight is 476 g/mol. The smallest absolute Gasteiger partial charge is 0.269 e. The monoisotopic (exact) mass is 475 g/mol. The summed E-state index contributed by atoms with van der Waals surface area (Å²) in [5.41, 5.74) is 6.15. The molecule has 172 valence electrons. The van der Waals surface area contributed by atoms with E-state index in [0.29, 0.717) is 0 Å². The topological polar surface area (TPSA) is 95.6 Å². The van der Waals surface area contributed by atoms with Gasteiger partial charge in [-0.15, -0.1) is 11.8 Å². The van der Waals surface area contributed by atoms with Crippen LogP contribution in [-0.2, 0) is 14.8 Å². The molecule has 0 aliphatic heterocycles. The summed E-state index contributed by atoms with van der Waals surface area (Å²) in [6.07, 6.45) is 4.98. The van der Waals surface area contributed by atoms with Gasteiger partial charge in [0.1, 0.15) is 0 Å². The Morgan fingerprint density at radius 3 is 2.22 bits per heavy atom. The van der Waals surface area contributed by atoms with E-state index in [1.807, 2.05) is 31.2 Å². The molecule has 2 amide bonds. The molecule has 1 saturated carbocycles. The van der Waals surface area contributed by atoms with E-state index in [9.17, 15) is 18.0 Å². The van der Waals surface area contributed by atoms with Gasteiger partial charge in [0.05, 0.1) is 10.6 Å². The number of carbonyl (C=O) groups excluding carboxylic acids is 2. The first-order chi connectivity index (χ1) is 15.3. The summed E-state index contributed by atoms with van der Waals surface area (Å²) in [5.74, 6) is -0.686. The lowest BCUT2D eigenvalue weighted by atomic mass is 9.96. The number of benzene rings is 2. The molecule has 0 bridgehead atoms. The molecule has 1 aliphatic rings. The van der Waals surface area contributed by atoms with Gasteiger partial charge in [-0.1, -0.05) is 37.0 Å². The first-order valence-electron chi connectivity index (χ1n) is 10.6. The molecule has 0 radical (unpaired) electrons. The molecule has 32 heavy (non-hydrogen) atoms. The molecule has 1 fully saturated rings. The maximum atomic E-state index is 12.9. The second-order valence-corrected chi connectivity index (χ2v) is 11.0. The van der Waals surface area contributed by atoms with Crippen molar-refractivity contribution in [2.45, 2.75) is 54.9 Å². The molecular formula is C23H29N3O4S2. The number of amides is 2.